The van der Waals surface area contributed by atoms with Crippen molar-refractivity contribution in [2.24, 2.45) is 5.92 Å². The number of hydrogen-bond donors (Lipinski definition) is 1. The van der Waals surface area contributed by atoms with Crippen molar-refractivity contribution in [1.82, 2.24) is 10.5 Å². The quantitative estimate of drug-likeness (QED) is 0.912. The van der Waals surface area contributed by atoms with Gasteiger partial charge in [-0.1, -0.05) is 25.1 Å². The van der Waals surface area contributed by atoms with Crippen LogP contribution in [0.15, 0.2) is 28.8 Å². The summed E-state index contributed by atoms with van der Waals surface area (Å²) >= 11 is 0. The molecule has 0 fully saturated rings. The number of carbonyl (C=O) groups excluding carboxylic acids is 1. The lowest BCUT2D eigenvalue weighted by Crippen LogP contribution is -2.34. The summed E-state index contributed by atoms with van der Waals surface area (Å²) in [6.07, 6.45) is 0.857. The average molecular weight is 330 g/mol. The topological polar surface area (TPSA) is 73.6 Å². The maximum absolute atomic E-state index is 12.2. The molecule has 0 spiro atoms. The SMILES string of the molecule is COc1ccc2c(c1)OC[C@H](CNC(=O)c1cc(C(C)C)on1)C2. The van der Waals surface area contributed by atoms with Gasteiger partial charge in [-0.2, -0.15) is 0 Å². The number of benzene rings is 1. The fraction of sp³-hybridized carbons (Fsp3) is 0.444. The number of hydrogen-bond acceptors (Lipinski definition) is 5. The van der Waals surface area contributed by atoms with E-state index in [1.165, 1.54) is 0 Å². The second-order valence-electron chi connectivity index (χ2n) is 6.33. The Bertz CT molecular complexity index is 724. The van der Waals surface area contributed by atoms with E-state index in [9.17, 15) is 4.79 Å². The zero-order chi connectivity index (χ0) is 17.1. The van der Waals surface area contributed by atoms with Crippen molar-refractivity contribution in [3.63, 3.8) is 0 Å². The Hall–Kier alpha value is -2.50. The standard InChI is InChI=1S/C18H22N2O4/c1-11(2)16-8-15(20-24-16)18(21)19-9-12-6-13-4-5-14(22-3)7-17(13)23-10-12/h4-5,7-8,11-12H,6,9-10H2,1-3H3,(H,19,21)/t12-/m0/s1. The molecule has 2 aromatic rings. The number of ether oxygens (including phenoxy) is 2. The summed E-state index contributed by atoms with van der Waals surface area (Å²) in [4.78, 5) is 12.2. The number of carbonyl (C=O) groups is 1. The van der Waals surface area contributed by atoms with Crippen LogP contribution in [0.3, 0.4) is 0 Å². The number of fused-ring (bicyclic) bond motifs is 1. The van der Waals surface area contributed by atoms with Gasteiger partial charge in [0.25, 0.3) is 5.91 Å². The van der Waals surface area contributed by atoms with E-state index in [0.717, 1.165) is 23.5 Å². The summed E-state index contributed by atoms with van der Waals surface area (Å²) in [7, 11) is 1.64. The highest BCUT2D eigenvalue weighted by atomic mass is 16.5. The summed E-state index contributed by atoms with van der Waals surface area (Å²) in [5.41, 5.74) is 1.45. The number of nitrogens with one attached hydrogen (secondary N) is 1. The molecule has 1 aliphatic rings. The number of nitrogens with zero attached hydrogens (tertiary/aromatic N) is 1. The third kappa shape index (κ3) is 3.53. The Morgan fingerprint density at radius 2 is 2.25 bits per heavy atom. The van der Waals surface area contributed by atoms with Gasteiger partial charge in [-0.05, 0) is 18.1 Å². The molecule has 3 rings (SSSR count). The fourth-order valence-corrected chi connectivity index (χ4v) is 2.67. The molecular formula is C18H22N2O4. The van der Waals surface area contributed by atoms with Crippen LogP contribution in [-0.2, 0) is 6.42 Å². The smallest absolute Gasteiger partial charge is 0.273 e. The third-order valence-electron chi connectivity index (χ3n) is 4.14. The van der Waals surface area contributed by atoms with Crippen molar-refractivity contribution in [3.05, 3.63) is 41.3 Å². The second-order valence-corrected chi connectivity index (χ2v) is 6.33. The van der Waals surface area contributed by atoms with E-state index in [1.807, 2.05) is 32.0 Å². The minimum absolute atomic E-state index is 0.208. The molecule has 1 aromatic heterocycles. The van der Waals surface area contributed by atoms with Gasteiger partial charge in [-0.25, -0.2) is 0 Å². The molecule has 1 N–H and O–H groups in total. The fourth-order valence-electron chi connectivity index (χ4n) is 2.67. The molecule has 1 atom stereocenters. The van der Waals surface area contributed by atoms with Gasteiger partial charge in [0.15, 0.2) is 5.69 Å². The first-order valence-corrected chi connectivity index (χ1v) is 8.11. The molecule has 0 radical (unpaired) electrons. The Kier molecular flexibility index (Phi) is 4.74. The third-order valence-corrected chi connectivity index (χ3v) is 4.14. The molecule has 1 aromatic carbocycles. The molecule has 6 heteroatoms. The van der Waals surface area contributed by atoms with Crippen LogP contribution in [0.5, 0.6) is 11.5 Å². The summed E-state index contributed by atoms with van der Waals surface area (Å²) < 4.78 is 16.1. The lowest BCUT2D eigenvalue weighted by Gasteiger charge is -2.25. The predicted octanol–water partition coefficient (Wildman–Crippen LogP) is 2.79. The van der Waals surface area contributed by atoms with Crippen LogP contribution < -0.4 is 14.8 Å². The zero-order valence-corrected chi connectivity index (χ0v) is 14.2. The number of methoxy groups -OCH3 is 1. The molecule has 24 heavy (non-hydrogen) atoms. The monoisotopic (exact) mass is 330 g/mol. The molecule has 0 saturated heterocycles. The highest BCUT2D eigenvalue weighted by molar-refractivity contribution is 5.92. The number of rotatable bonds is 5. The molecule has 6 nitrogen and oxygen atoms in total. The average Bonchev–Trinajstić information content (AvgIpc) is 3.09. The van der Waals surface area contributed by atoms with Crippen LogP contribution in [0.25, 0.3) is 0 Å². The molecule has 0 bridgehead atoms. The summed E-state index contributed by atoms with van der Waals surface area (Å²) in [6, 6.07) is 7.52. The molecule has 1 amide bonds. The zero-order valence-electron chi connectivity index (χ0n) is 14.2. The van der Waals surface area contributed by atoms with Crippen LogP contribution in [0, 0.1) is 5.92 Å². The van der Waals surface area contributed by atoms with Crippen LogP contribution in [-0.4, -0.2) is 31.3 Å². The molecule has 0 unspecified atom stereocenters. The van der Waals surface area contributed by atoms with E-state index in [0.29, 0.717) is 24.6 Å². The normalized spacial score (nSPS) is 16.4. The maximum atomic E-state index is 12.2. The van der Waals surface area contributed by atoms with Gasteiger partial charge in [0.2, 0.25) is 0 Å². The van der Waals surface area contributed by atoms with Gasteiger partial charge < -0.3 is 19.3 Å². The van der Waals surface area contributed by atoms with Crippen molar-refractivity contribution >= 4 is 5.91 Å². The van der Waals surface area contributed by atoms with E-state index in [-0.39, 0.29) is 17.7 Å². The van der Waals surface area contributed by atoms with E-state index in [4.69, 9.17) is 14.0 Å². The van der Waals surface area contributed by atoms with Crippen LogP contribution in [0.4, 0.5) is 0 Å². The van der Waals surface area contributed by atoms with E-state index >= 15 is 0 Å². The molecule has 1 aliphatic heterocycles. The first kappa shape index (κ1) is 16.4. The summed E-state index contributed by atoms with van der Waals surface area (Å²) in [6.45, 7) is 5.09. The Morgan fingerprint density at radius 3 is 2.96 bits per heavy atom. The van der Waals surface area contributed by atoms with Crippen molar-refractivity contribution in [2.45, 2.75) is 26.2 Å². The molecular weight excluding hydrogens is 308 g/mol. The van der Waals surface area contributed by atoms with Crippen LogP contribution in [0.1, 0.15) is 41.6 Å². The molecule has 0 saturated carbocycles. The first-order chi connectivity index (χ1) is 11.6. The van der Waals surface area contributed by atoms with Gasteiger partial charge in [0, 0.05) is 30.5 Å². The lowest BCUT2D eigenvalue weighted by atomic mass is 9.96. The molecule has 128 valence electrons. The number of amides is 1. The van der Waals surface area contributed by atoms with Crippen molar-refractivity contribution in [2.75, 3.05) is 20.3 Å². The Balaban J connectivity index is 1.56. The van der Waals surface area contributed by atoms with Gasteiger partial charge in [-0.15, -0.1) is 0 Å². The number of aromatic nitrogens is 1. The van der Waals surface area contributed by atoms with E-state index < -0.39 is 0 Å². The minimum atomic E-state index is -0.217. The lowest BCUT2D eigenvalue weighted by molar-refractivity contribution is 0.0930. The van der Waals surface area contributed by atoms with E-state index in [2.05, 4.69) is 10.5 Å². The Labute approximate surface area is 141 Å². The van der Waals surface area contributed by atoms with Crippen molar-refractivity contribution in [3.8, 4) is 11.5 Å². The first-order valence-electron chi connectivity index (χ1n) is 8.11. The predicted molar refractivity (Wildman–Crippen MR) is 88.6 cm³/mol. The second kappa shape index (κ2) is 6.95. The van der Waals surface area contributed by atoms with Crippen molar-refractivity contribution in [1.29, 1.82) is 0 Å². The van der Waals surface area contributed by atoms with E-state index in [1.54, 1.807) is 13.2 Å². The van der Waals surface area contributed by atoms with Gasteiger partial charge in [0.1, 0.15) is 17.3 Å². The maximum Gasteiger partial charge on any atom is 0.273 e. The Morgan fingerprint density at radius 1 is 1.42 bits per heavy atom. The van der Waals surface area contributed by atoms with Gasteiger partial charge in [-0.3, -0.25) is 4.79 Å². The van der Waals surface area contributed by atoms with Gasteiger partial charge in [0.05, 0.1) is 13.7 Å². The largest absolute Gasteiger partial charge is 0.497 e. The summed E-state index contributed by atoms with van der Waals surface area (Å²) in [5.74, 6) is 2.57. The minimum Gasteiger partial charge on any atom is -0.497 e. The van der Waals surface area contributed by atoms with Crippen LogP contribution in [0.2, 0.25) is 0 Å². The van der Waals surface area contributed by atoms with Crippen molar-refractivity contribution < 1.29 is 18.8 Å². The molecule has 0 aliphatic carbocycles. The highest BCUT2D eigenvalue weighted by Crippen LogP contribution is 2.30. The summed E-state index contributed by atoms with van der Waals surface area (Å²) in [5, 5.41) is 6.73. The van der Waals surface area contributed by atoms with Gasteiger partial charge >= 0.3 is 0 Å². The molecule has 2 heterocycles. The highest BCUT2D eigenvalue weighted by Gasteiger charge is 2.22. The van der Waals surface area contributed by atoms with Crippen LogP contribution >= 0.6 is 0 Å².